The van der Waals surface area contributed by atoms with Crippen molar-refractivity contribution in [3.05, 3.63) is 94.6 Å². The predicted octanol–water partition coefficient (Wildman–Crippen LogP) is 4.37. The van der Waals surface area contributed by atoms with Gasteiger partial charge in [-0.25, -0.2) is 4.98 Å². The maximum atomic E-state index is 13.0. The lowest BCUT2D eigenvalue weighted by Crippen LogP contribution is -2.30. The van der Waals surface area contributed by atoms with Crippen LogP contribution in [0.5, 0.6) is 5.75 Å². The van der Waals surface area contributed by atoms with E-state index in [1.165, 1.54) is 4.90 Å². The number of rotatable bonds is 4. The van der Waals surface area contributed by atoms with E-state index in [0.717, 1.165) is 0 Å². The SMILES string of the molecule is COc1ccc([C@H]2C(=C(O)c3ccc(Cl)cc3)C(=O)C(=O)N2c2ccccn2)cc1. The molecule has 7 heteroatoms. The van der Waals surface area contributed by atoms with Crippen LogP contribution in [0, 0.1) is 0 Å². The van der Waals surface area contributed by atoms with Crippen LogP contribution in [-0.2, 0) is 9.59 Å². The second-order valence-corrected chi connectivity index (χ2v) is 7.07. The number of anilines is 1. The van der Waals surface area contributed by atoms with E-state index < -0.39 is 17.7 Å². The molecule has 0 bridgehead atoms. The third kappa shape index (κ3) is 3.42. The molecule has 0 radical (unpaired) electrons. The second kappa shape index (κ2) is 8.00. The molecular weight excluding hydrogens is 404 g/mol. The number of carbonyl (C=O) groups is 2. The van der Waals surface area contributed by atoms with Gasteiger partial charge in [0.05, 0.1) is 18.7 Å². The number of aromatic nitrogens is 1. The Morgan fingerprint density at radius 2 is 1.73 bits per heavy atom. The fourth-order valence-corrected chi connectivity index (χ4v) is 3.56. The lowest BCUT2D eigenvalue weighted by Gasteiger charge is -2.24. The van der Waals surface area contributed by atoms with Crippen molar-refractivity contribution in [3.8, 4) is 5.75 Å². The molecule has 1 aromatic heterocycles. The minimum atomic E-state index is -0.846. The Balaban J connectivity index is 1.92. The van der Waals surface area contributed by atoms with E-state index in [4.69, 9.17) is 16.3 Å². The van der Waals surface area contributed by atoms with Crippen molar-refractivity contribution >= 4 is 34.9 Å². The van der Waals surface area contributed by atoms with Gasteiger partial charge in [0, 0.05) is 16.8 Å². The van der Waals surface area contributed by atoms with Gasteiger partial charge in [0.2, 0.25) is 0 Å². The van der Waals surface area contributed by atoms with Crippen LogP contribution in [0.4, 0.5) is 5.82 Å². The number of nitrogens with zero attached hydrogens (tertiary/aromatic N) is 2. The molecule has 0 spiro atoms. The first-order valence-corrected chi connectivity index (χ1v) is 9.51. The first-order valence-electron chi connectivity index (χ1n) is 9.13. The second-order valence-electron chi connectivity index (χ2n) is 6.64. The van der Waals surface area contributed by atoms with E-state index in [9.17, 15) is 14.7 Å². The highest BCUT2D eigenvalue weighted by atomic mass is 35.5. The molecule has 1 saturated heterocycles. The monoisotopic (exact) mass is 420 g/mol. The van der Waals surface area contributed by atoms with Crippen molar-refractivity contribution in [2.24, 2.45) is 0 Å². The normalized spacial score (nSPS) is 17.9. The zero-order chi connectivity index (χ0) is 21.3. The van der Waals surface area contributed by atoms with Crippen molar-refractivity contribution in [2.75, 3.05) is 12.0 Å². The molecule has 1 atom stereocenters. The number of hydrogen-bond donors (Lipinski definition) is 1. The molecule has 2 aromatic carbocycles. The van der Waals surface area contributed by atoms with Gasteiger partial charge in [0.1, 0.15) is 17.3 Å². The van der Waals surface area contributed by atoms with Gasteiger partial charge in [-0.2, -0.15) is 0 Å². The molecule has 1 amide bonds. The molecule has 0 saturated carbocycles. The summed E-state index contributed by atoms with van der Waals surface area (Å²) in [5.41, 5.74) is 1.01. The molecule has 1 aliphatic rings. The highest BCUT2D eigenvalue weighted by Crippen LogP contribution is 2.41. The Morgan fingerprint density at radius 1 is 1.03 bits per heavy atom. The van der Waals surface area contributed by atoms with E-state index in [1.807, 2.05) is 0 Å². The summed E-state index contributed by atoms with van der Waals surface area (Å²) in [5, 5.41) is 11.5. The smallest absolute Gasteiger partial charge is 0.301 e. The lowest BCUT2D eigenvalue weighted by molar-refractivity contribution is -0.132. The minimum Gasteiger partial charge on any atom is -0.507 e. The van der Waals surface area contributed by atoms with Gasteiger partial charge in [-0.1, -0.05) is 29.8 Å². The van der Waals surface area contributed by atoms with Gasteiger partial charge in [-0.05, 0) is 54.1 Å². The molecule has 1 N–H and O–H groups in total. The average molecular weight is 421 g/mol. The van der Waals surface area contributed by atoms with Crippen LogP contribution in [0.3, 0.4) is 0 Å². The van der Waals surface area contributed by atoms with Crippen molar-refractivity contribution in [1.82, 2.24) is 4.98 Å². The zero-order valence-electron chi connectivity index (χ0n) is 15.9. The fraction of sp³-hybridized carbons (Fsp3) is 0.0870. The van der Waals surface area contributed by atoms with Crippen LogP contribution in [0.15, 0.2) is 78.5 Å². The third-order valence-corrected chi connectivity index (χ3v) is 5.14. The van der Waals surface area contributed by atoms with E-state index in [-0.39, 0.29) is 11.3 Å². The van der Waals surface area contributed by atoms with Crippen LogP contribution in [0.25, 0.3) is 5.76 Å². The Hall–Kier alpha value is -3.64. The topological polar surface area (TPSA) is 79.7 Å². The van der Waals surface area contributed by atoms with E-state index >= 15 is 0 Å². The average Bonchev–Trinajstić information content (AvgIpc) is 3.05. The van der Waals surface area contributed by atoms with E-state index in [0.29, 0.717) is 27.7 Å². The van der Waals surface area contributed by atoms with Gasteiger partial charge < -0.3 is 9.84 Å². The summed E-state index contributed by atoms with van der Waals surface area (Å²) in [6.07, 6.45) is 1.54. The molecule has 6 nitrogen and oxygen atoms in total. The number of benzene rings is 2. The van der Waals surface area contributed by atoms with E-state index in [1.54, 1.807) is 80.0 Å². The zero-order valence-corrected chi connectivity index (χ0v) is 16.7. The van der Waals surface area contributed by atoms with Crippen molar-refractivity contribution < 1.29 is 19.4 Å². The molecule has 0 unspecified atom stereocenters. The standard InChI is InChI=1S/C23H17ClN2O4/c1-30-17-11-7-14(8-12-17)20-19(21(27)15-5-9-16(24)10-6-15)22(28)23(29)26(20)18-4-2-3-13-25-18/h2-13,20,27H,1H3/t20-/m0/s1. The van der Waals surface area contributed by atoms with Crippen LogP contribution in [-0.4, -0.2) is 28.9 Å². The third-order valence-electron chi connectivity index (χ3n) is 4.89. The summed E-state index contributed by atoms with van der Waals surface area (Å²) in [4.78, 5) is 31.5. The largest absolute Gasteiger partial charge is 0.507 e. The van der Waals surface area contributed by atoms with E-state index in [2.05, 4.69) is 4.98 Å². The quantitative estimate of drug-likeness (QED) is 0.385. The minimum absolute atomic E-state index is 0.0156. The first-order chi connectivity index (χ1) is 14.5. The number of Topliss-reactive ketones (excluding diaryl/α,β-unsaturated/α-hetero) is 1. The number of ether oxygens (including phenoxy) is 1. The summed E-state index contributed by atoms with van der Waals surface area (Å²) in [6.45, 7) is 0. The maximum absolute atomic E-state index is 13.0. The van der Waals surface area contributed by atoms with Gasteiger partial charge >= 0.3 is 5.91 Å². The molecule has 30 heavy (non-hydrogen) atoms. The summed E-state index contributed by atoms with van der Waals surface area (Å²) < 4.78 is 5.21. The molecule has 1 fully saturated rings. The van der Waals surface area contributed by atoms with Gasteiger partial charge in [-0.15, -0.1) is 0 Å². The van der Waals surface area contributed by atoms with Gasteiger partial charge in [0.25, 0.3) is 5.78 Å². The number of methoxy groups -OCH3 is 1. The maximum Gasteiger partial charge on any atom is 0.301 e. The Bertz CT molecular complexity index is 1130. The number of hydrogen-bond acceptors (Lipinski definition) is 5. The number of amides is 1. The Kier molecular flexibility index (Phi) is 5.25. The summed E-state index contributed by atoms with van der Waals surface area (Å²) in [7, 11) is 1.55. The molecule has 1 aliphatic heterocycles. The Morgan fingerprint density at radius 3 is 2.33 bits per heavy atom. The number of ketones is 1. The van der Waals surface area contributed by atoms with Gasteiger partial charge in [-0.3, -0.25) is 14.5 Å². The molecular formula is C23H17ClN2O4. The van der Waals surface area contributed by atoms with Crippen LogP contribution < -0.4 is 9.64 Å². The number of aliphatic hydroxyl groups excluding tert-OH is 1. The van der Waals surface area contributed by atoms with Crippen LogP contribution in [0.2, 0.25) is 5.02 Å². The lowest BCUT2D eigenvalue weighted by atomic mass is 9.95. The number of pyridine rings is 1. The molecule has 4 rings (SSSR count). The number of carbonyl (C=O) groups excluding carboxylic acids is 2. The predicted molar refractivity (Wildman–Crippen MR) is 113 cm³/mol. The Labute approximate surface area is 178 Å². The first kappa shape index (κ1) is 19.7. The highest BCUT2D eigenvalue weighted by molar-refractivity contribution is 6.51. The summed E-state index contributed by atoms with van der Waals surface area (Å²) in [6, 6.07) is 17.6. The number of aliphatic hydroxyl groups is 1. The fourth-order valence-electron chi connectivity index (χ4n) is 3.43. The van der Waals surface area contributed by atoms with Crippen LogP contribution in [0.1, 0.15) is 17.2 Å². The highest BCUT2D eigenvalue weighted by Gasteiger charge is 2.47. The summed E-state index contributed by atoms with van der Waals surface area (Å²) >= 11 is 5.94. The molecule has 150 valence electrons. The van der Waals surface area contributed by atoms with Crippen molar-refractivity contribution in [1.29, 1.82) is 0 Å². The molecule has 2 heterocycles. The van der Waals surface area contributed by atoms with Gasteiger partial charge in [0.15, 0.2) is 0 Å². The molecule has 3 aromatic rings. The molecule has 0 aliphatic carbocycles. The summed E-state index contributed by atoms with van der Waals surface area (Å²) in [5.74, 6) is -0.870. The number of halogens is 1. The van der Waals surface area contributed by atoms with Crippen LogP contribution >= 0.6 is 11.6 Å². The van der Waals surface area contributed by atoms with Crippen molar-refractivity contribution in [2.45, 2.75) is 6.04 Å². The van der Waals surface area contributed by atoms with Crippen molar-refractivity contribution in [3.63, 3.8) is 0 Å².